The minimum Gasteiger partial charge on any atom is -0.489 e. The van der Waals surface area contributed by atoms with Crippen LogP contribution in [0, 0.1) is 6.92 Å². The highest BCUT2D eigenvalue weighted by Gasteiger charge is 2.14. The van der Waals surface area contributed by atoms with Crippen molar-refractivity contribution in [2.45, 2.75) is 26.9 Å². The van der Waals surface area contributed by atoms with Gasteiger partial charge in [0.25, 0.3) is 5.91 Å². The summed E-state index contributed by atoms with van der Waals surface area (Å²) >= 11 is 6.18. The number of nitrogens with one attached hydrogen (secondary N) is 2. The lowest BCUT2D eigenvalue weighted by Gasteiger charge is -2.15. The minimum atomic E-state index is -0.354. The van der Waals surface area contributed by atoms with Crippen molar-refractivity contribution in [1.82, 2.24) is 9.97 Å². The van der Waals surface area contributed by atoms with E-state index >= 15 is 0 Å². The molecule has 0 aliphatic heterocycles. The molecule has 1 heterocycles. The number of amides is 1. The van der Waals surface area contributed by atoms with E-state index in [1.807, 2.05) is 50.2 Å². The van der Waals surface area contributed by atoms with Gasteiger partial charge in [0.1, 0.15) is 23.1 Å². The highest BCUT2D eigenvalue weighted by atomic mass is 35.5. The summed E-state index contributed by atoms with van der Waals surface area (Å²) in [6.45, 7) is 5.59. The Balaban J connectivity index is 1.83. The molecule has 0 unspecified atom stereocenters. The average Bonchev–Trinajstić information content (AvgIpc) is 2.64. The molecule has 0 aliphatic carbocycles. The van der Waals surface area contributed by atoms with Crippen LogP contribution in [-0.2, 0) is 0 Å². The van der Waals surface area contributed by atoms with Gasteiger partial charge in [0.2, 0.25) is 0 Å². The SMILES string of the molecule is Cc1nc(Nc2ccccc2Cl)cc(C(=O)Nc2ccccc2OC(C)C)n1. The summed E-state index contributed by atoms with van der Waals surface area (Å²) < 4.78 is 5.75. The van der Waals surface area contributed by atoms with Gasteiger partial charge < -0.3 is 15.4 Å². The Morgan fingerprint density at radius 1 is 1.04 bits per heavy atom. The third-order valence-corrected chi connectivity index (χ3v) is 4.03. The average molecular weight is 397 g/mol. The summed E-state index contributed by atoms with van der Waals surface area (Å²) in [4.78, 5) is 21.3. The smallest absolute Gasteiger partial charge is 0.274 e. The largest absolute Gasteiger partial charge is 0.489 e. The Morgan fingerprint density at radius 2 is 1.71 bits per heavy atom. The van der Waals surface area contributed by atoms with Gasteiger partial charge in [-0.25, -0.2) is 9.97 Å². The molecule has 2 aromatic carbocycles. The van der Waals surface area contributed by atoms with Crippen LogP contribution in [0.15, 0.2) is 54.6 Å². The monoisotopic (exact) mass is 396 g/mol. The van der Waals surface area contributed by atoms with Crippen molar-refractivity contribution in [2.75, 3.05) is 10.6 Å². The third-order valence-electron chi connectivity index (χ3n) is 3.71. The molecule has 2 N–H and O–H groups in total. The van der Waals surface area contributed by atoms with Crippen molar-refractivity contribution < 1.29 is 9.53 Å². The number of ether oxygens (including phenoxy) is 1. The van der Waals surface area contributed by atoms with Gasteiger partial charge in [-0.05, 0) is 45.0 Å². The first-order valence-electron chi connectivity index (χ1n) is 8.86. The molecule has 7 heteroatoms. The number of rotatable bonds is 6. The molecular weight excluding hydrogens is 376 g/mol. The Morgan fingerprint density at radius 3 is 2.43 bits per heavy atom. The van der Waals surface area contributed by atoms with Crippen molar-refractivity contribution in [3.63, 3.8) is 0 Å². The predicted molar refractivity (Wildman–Crippen MR) is 112 cm³/mol. The molecule has 3 rings (SSSR count). The molecule has 144 valence electrons. The molecule has 3 aromatic rings. The van der Waals surface area contributed by atoms with Crippen LogP contribution >= 0.6 is 11.6 Å². The Kier molecular flexibility index (Phi) is 6.11. The number of halogens is 1. The first-order chi connectivity index (χ1) is 13.4. The summed E-state index contributed by atoms with van der Waals surface area (Å²) in [5.74, 6) is 1.20. The van der Waals surface area contributed by atoms with Crippen LogP contribution in [0.5, 0.6) is 5.75 Å². The van der Waals surface area contributed by atoms with E-state index < -0.39 is 0 Å². The Bertz CT molecular complexity index is 992. The highest BCUT2D eigenvalue weighted by molar-refractivity contribution is 6.33. The first kappa shape index (κ1) is 19.6. The molecule has 0 bridgehead atoms. The van der Waals surface area contributed by atoms with E-state index in [2.05, 4.69) is 20.6 Å². The van der Waals surface area contributed by atoms with Crippen molar-refractivity contribution >= 4 is 34.7 Å². The van der Waals surface area contributed by atoms with E-state index in [9.17, 15) is 4.79 Å². The van der Waals surface area contributed by atoms with Crippen molar-refractivity contribution in [3.8, 4) is 5.75 Å². The maximum absolute atomic E-state index is 12.8. The molecule has 0 aliphatic rings. The zero-order valence-corrected chi connectivity index (χ0v) is 16.6. The lowest BCUT2D eigenvalue weighted by atomic mass is 10.2. The third kappa shape index (κ3) is 4.98. The van der Waals surface area contributed by atoms with E-state index in [0.29, 0.717) is 33.8 Å². The van der Waals surface area contributed by atoms with Crippen LogP contribution < -0.4 is 15.4 Å². The van der Waals surface area contributed by atoms with Gasteiger partial charge in [0.05, 0.1) is 22.5 Å². The molecule has 0 spiro atoms. The topological polar surface area (TPSA) is 76.1 Å². The van der Waals surface area contributed by atoms with Gasteiger partial charge >= 0.3 is 0 Å². The number of aromatic nitrogens is 2. The van der Waals surface area contributed by atoms with E-state index in [0.717, 1.165) is 0 Å². The van der Waals surface area contributed by atoms with Gasteiger partial charge in [0.15, 0.2) is 0 Å². The quantitative estimate of drug-likeness (QED) is 0.597. The molecule has 1 amide bonds. The number of hydrogen-bond donors (Lipinski definition) is 2. The number of hydrogen-bond acceptors (Lipinski definition) is 5. The lowest BCUT2D eigenvalue weighted by molar-refractivity contribution is 0.102. The van der Waals surface area contributed by atoms with Crippen LogP contribution in [0.3, 0.4) is 0 Å². The highest BCUT2D eigenvalue weighted by Crippen LogP contribution is 2.26. The van der Waals surface area contributed by atoms with Gasteiger partial charge in [-0.3, -0.25) is 4.79 Å². The van der Waals surface area contributed by atoms with Crippen LogP contribution in [0.4, 0.5) is 17.2 Å². The standard InChI is InChI=1S/C21H21ClN4O2/c1-13(2)28-19-11-7-6-10-17(19)26-21(27)18-12-20(24-14(3)23-18)25-16-9-5-4-8-15(16)22/h4-13H,1-3H3,(H,26,27)(H,23,24,25). The number of nitrogens with zero attached hydrogens (tertiary/aromatic N) is 2. The predicted octanol–water partition coefficient (Wildman–Crippen LogP) is 5.22. The minimum absolute atomic E-state index is 0.00855. The number of anilines is 3. The molecule has 1 aromatic heterocycles. The summed E-state index contributed by atoms with van der Waals surface area (Å²) in [5, 5.41) is 6.54. The maximum Gasteiger partial charge on any atom is 0.274 e. The second kappa shape index (κ2) is 8.71. The van der Waals surface area contributed by atoms with E-state index in [1.165, 1.54) is 0 Å². The zero-order chi connectivity index (χ0) is 20.1. The summed E-state index contributed by atoms with van der Waals surface area (Å²) in [6, 6.07) is 16.2. The molecule has 28 heavy (non-hydrogen) atoms. The van der Waals surface area contributed by atoms with Crippen LogP contribution in [0.2, 0.25) is 5.02 Å². The fourth-order valence-electron chi connectivity index (χ4n) is 2.56. The van der Waals surface area contributed by atoms with Crippen molar-refractivity contribution in [1.29, 1.82) is 0 Å². The van der Waals surface area contributed by atoms with Crippen LogP contribution in [-0.4, -0.2) is 22.0 Å². The summed E-state index contributed by atoms with van der Waals surface area (Å²) in [7, 11) is 0. The van der Waals surface area contributed by atoms with Crippen LogP contribution in [0.25, 0.3) is 0 Å². The number of aryl methyl sites for hydroxylation is 1. The molecule has 6 nitrogen and oxygen atoms in total. The number of para-hydroxylation sites is 3. The van der Waals surface area contributed by atoms with Gasteiger partial charge in [-0.2, -0.15) is 0 Å². The number of carbonyl (C=O) groups excluding carboxylic acids is 1. The first-order valence-corrected chi connectivity index (χ1v) is 9.24. The fourth-order valence-corrected chi connectivity index (χ4v) is 2.74. The normalized spacial score (nSPS) is 10.6. The second-order valence-electron chi connectivity index (χ2n) is 6.41. The molecule has 0 saturated heterocycles. The van der Waals surface area contributed by atoms with Gasteiger partial charge in [-0.1, -0.05) is 35.9 Å². The molecule has 0 radical (unpaired) electrons. The summed E-state index contributed by atoms with van der Waals surface area (Å²) in [6.07, 6.45) is -0.00855. The zero-order valence-electron chi connectivity index (χ0n) is 15.9. The Labute approximate surface area is 168 Å². The number of carbonyl (C=O) groups is 1. The molecule has 0 saturated carbocycles. The van der Waals surface area contributed by atoms with Crippen molar-refractivity contribution in [3.05, 3.63) is 71.1 Å². The van der Waals surface area contributed by atoms with E-state index in [1.54, 1.807) is 25.1 Å². The van der Waals surface area contributed by atoms with Gasteiger partial charge in [-0.15, -0.1) is 0 Å². The van der Waals surface area contributed by atoms with Gasteiger partial charge in [0, 0.05) is 6.07 Å². The lowest BCUT2D eigenvalue weighted by Crippen LogP contribution is -2.17. The molecular formula is C21H21ClN4O2. The fraction of sp³-hybridized carbons (Fsp3) is 0.190. The van der Waals surface area contributed by atoms with E-state index in [4.69, 9.17) is 16.3 Å². The van der Waals surface area contributed by atoms with Crippen LogP contribution in [0.1, 0.15) is 30.2 Å². The molecule has 0 fully saturated rings. The summed E-state index contributed by atoms with van der Waals surface area (Å²) in [5.41, 5.74) is 1.52. The van der Waals surface area contributed by atoms with Crippen molar-refractivity contribution in [2.24, 2.45) is 0 Å². The Hall–Kier alpha value is -3.12. The second-order valence-corrected chi connectivity index (χ2v) is 6.81. The van der Waals surface area contributed by atoms with E-state index in [-0.39, 0.29) is 17.7 Å². The maximum atomic E-state index is 12.8. The molecule has 0 atom stereocenters. The number of benzene rings is 2.